The van der Waals surface area contributed by atoms with Gasteiger partial charge in [0, 0.05) is 12.6 Å². The molecule has 2 atom stereocenters. The average Bonchev–Trinajstić information content (AvgIpc) is 2.19. The minimum Gasteiger partial charge on any atom is -0.463 e. The zero-order valence-electron chi connectivity index (χ0n) is 9.62. The standard InChI is InChI=1S/C11H21NO3/c1-3-4-9(2)15-11(13)7-10-8-14-6-5-12-10/h9-10,12H,3-8H2,1-2H3. The summed E-state index contributed by atoms with van der Waals surface area (Å²) in [6.45, 7) is 6.19. The number of rotatable bonds is 5. The van der Waals surface area contributed by atoms with Gasteiger partial charge >= 0.3 is 5.97 Å². The largest absolute Gasteiger partial charge is 0.463 e. The van der Waals surface area contributed by atoms with Gasteiger partial charge in [-0.1, -0.05) is 13.3 Å². The lowest BCUT2D eigenvalue weighted by molar-refractivity contribution is -0.149. The Kier molecular flexibility index (Phi) is 5.65. The van der Waals surface area contributed by atoms with E-state index in [0.29, 0.717) is 13.0 Å². The number of carbonyl (C=O) groups is 1. The van der Waals surface area contributed by atoms with E-state index in [0.717, 1.165) is 26.0 Å². The van der Waals surface area contributed by atoms with Gasteiger partial charge in [0.15, 0.2) is 0 Å². The van der Waals surface area contributed by atoms with Crippen molar-refractivity contribution in [2.45, 2.75) is 45.3 Å². The number of ether oxygens (including phenoxy) is 2. The highest BCUT2D eigenvalue weighted by Crippen LogP contribution is 2.05. The third-order valence-corrected chi connectivity index (χ3v) is 2.44. The molecule has 0 aromatic heterocycles. The van der Waals surface area contributed by atoms with Gasteiger partial charge in [-0.25, -0.2) is 0 Å². The normalized spacial score (nSPS) is 23.5. The predicted octanol–water partition coefficient (Wildman–Crippen LogP) is 1.10. The molecule has 1 heterocycles. The fraction of sp³-hybridized carbons (Fsp3) is 0.909. The maximum atomic E-state index is 11.5. The number of esters is 1. The first-order chi connectivity index (χ1) is 7.22. The molecule has 0 radical (unpaired) electrons. The third-order valence-electron chi connectivity index (χ3n) is 2.44. The van der Waals surface area contributed by atoms with Gasteiger partial charge in [0.1, 0.15) is 0 Å². The maximum Gasteiger partial charge on any atom is 0.307 e. The summed E-state index contributed by atoms with van der Waals surface area (Å²) in [5.74, 6) is -0.126. The minimum atomic E-state index is -0.126. The van der Waals surface area contributed by atoms with Crippen molar-refractivity contribution in [2.75, 3.05) is 19.8 Å². The molecular weight excluding hydrogens is 194 g/mol. The Hall–Kier alpha value is -0.610. The van der Waals surface area contributed by atoms with Crippen LogP contribution in [-0.2, 0) is 14.3 Å². The SMILES string of the molecule is CCCC(C)OC(=O)CC1COCCN1. The van der Waals surface area contributed by atoms with E-state index in [9.17, 15) is 4.79 Å². The number of nitrogens with one attached hydrogen (secondary N) is 1. The fourth-order valence-corrected chi connectivity index (χ4v) is 1.69. The lowest BCUT2D eigenvalue weighted by Gasteiger charge is -2.23. The molecule has 0 amide bonds. The van der Waals surface area contributed by atoms with Crippen molar-refractivity contribution in [1.82, 2.24) is 5.32 Å². The molecule has 1 N–H and O–H groups in total. The molecule has 0 spiro atoms. The molecule has 1 rings (SSSR count). The highest BCUT2D eigenvalue weighted by atomic mass is 16.5. The van der Waals surface area contributed by atoms with Gasteiger partial charge in [-0.15, -0.1) is 0 Å². The van der Waals surface area contributed by atoms with Crippen molar-refractivity contribution < 1.29 is 14.3 Å². The number of carbonyl (C=O) groups excluding carboxylic acids is 1. The first-order valence-electron chi connectivity index (χ1n) is 5.73. The zero-order chi connectivity index (χ0) is 11.1. The van der Waals surface area contributed by atoms with Gasteiger partial charge in [-0.2, -0.15) is 0 Å². The Morgan fingerprint density at radius 3 is 3.07 bits per heavy atom. The molecule has 2 unspecified atom stereocenters. The second kappa shape index (κ2) is 6.80. The van der Waals surface area contributed by atoms with Gasteiger partial charge in [0.25, 0.3) is 0 Å². The fourth-order valence-electron chi connectivity index (χ4n) is 1.69. The van der Waals surface area contributed by atoms with E-state index in [4.69, 9.17) is 9.47 Å². The predicted molar refractivity (Wildman–Crippen MR) is 57.7 cm³/mol. The Morgan fingerprint density at radius 1 is 1.67 bits per heavy atom. The van der Waals surface area contributed by atoms with Gasteiger partial charge in [-0.05, 0) is 13.3 Å². The summed E-state index contributed by atoms with van der Waals surface area (Å²) in [6.07, 6.45) is 2.42. The molecule has 1 aliphatic heterocycles. The quantitative estimate of drug-likeness (QED) is 0.698. The molecule has 1 aliphatic rings. The molecule has 0 bridgehead atoms. The maximum absolute atomic E-state index is 11.5. The van der Waals surface area contributed by atoms with Crippen LogP contribution < -0.4 is 5.32 Å². The van der Waals surface area contributed by atoms with E-state index in [-0.39, 0.29) is 18.1 Å². The third kappa shape index (κ3) is 5.14. The Labute approximate surface area is 91.3 Å². The van der Waals surface area contributed by atoms with Gasteiger partial charge in [-0.3, -0.25) is 4.79 Å². The first-order valence-corrected chi connectivity index (χ1v) is 5.73. The van der Waals surface area contributed by atoms with E-state index < -0.39 is 0 Å². The Morgan fingerprint density at radius 2 is 2.47 bits per heavy atom. The second-order valence-corrected chi connectivity index (χ2v) is 4.02. The van der Waals surface area contributed by atoms with Crippen LogP contribution in [0.4, 0.5) is 0 Å². The zero-order valence-corrected chi connectivity index (χ0v) is 9.62. The van der Waals surface area contributed by atoms with Crippen LogP contribution in [0.5, 0.6) is 0 Å². The number of hydrogen-bond donors (Lipinski definition) is 1. The van der Waals surface area contributed by atoms with Crippen molar-refractivity contribution in [3.63, 3.8) is 0 Å². The molecule has 1 saturated heterocycles. The van der Waals surface area contributed by atoms with Crippen LogP contribution in [0.2, 0.25) is 0 Å². The number of morpholine rings is 1. The van der Waals surface area contributed by atoms with Crippen molar-refractivity contribution in [3.05, 3.63) is 0 Å². The van der Waals surface area contributed by atoms with Gasteiger partial charge < -0.3 is 14.8 Å². The molecule has 88 valence electrons. The Bertz CT molecular complexity index is 190. The van der Waals surface area contributed by atoms with E-state index in [1.807, 2.05) is 6.92 Å². The second-order valence-electron chi connectivity index (χ2n) is 4.02. The van der Waals surface area contributed by atoms with E-state index in [2.05, 4.69) is 12.2 Å². The highest BCUT2D eigenvalue weighted by Gasteiger charge is 2.18. The van der Waals surface area contributed by atoms with Crippen LogP contribution in [0.1, 0.15) is 33.1 Å². The lowest BCUT2D eigenvalue weighted by atomic mass is 10.2. The average molecular weight is 215 g/mol. The first kappa shape index (κ1) is 12.5. The molecular formula is C11H21NO3. The summed E-state index contributed by atoms with van der Waals surface area (Å²) in [6, 6.07) is 0.125. The summed E-state index contributed by atoms with van der Waals surface area (Å²) in [5.41, 5.74) is 0. The topological polar surface area (TPSA) is 47.6 Å². The van der Waals surface area contributed by atoms with Crippen LogP contribution in [-0.4, -0.2) is 37.9 Å². The monoisotopic (exact) mass is 215 g/mol. The number of hydrogen-bond acceptors (Lipinski definition) is 4. The van der Waals surface area contributed by atoms with Crippen LogP contribution in [0, 0.1) is 0 Å². The lowest BCUT2D eigenvalue weighted by Crippen LogP contribution is -2.42. The molecule has 4 heteroatoms. The molecule has 0 aliphatic carbocycles. The minimum absolute atomic E-state index is 0.0343. The Balaban J connectivity index is 2.16. The molecule has 1 fully saturated rings. The molecule has 0 aromatic carbocycles. The van der Waals surface area contributed by atoms with Crippen LogP contribution in [0.3, 0.4) is 0 Å². The smallest absolute Gasteiger partial charge is 0.307 e. The summed E-state index contributed by atoms with van der Waals surface area (Å²) in [7, 11) is 0. The van der Waals surface area contributed by atoms with Crippen LogP contribution >= 0.6 is 0 Å². The van der Waals surface area contributed by atoms with Crippen LogP contribution in [0.15, 0.2) is 0 Å². The highest BCUT2D eigenvalue weighted by molar-refractivity contribution is 5.70. The van der Waals surface area contributed by atoms with Crippen molar-refractivity contribution in [1.29, 1.82) is 0 Å². The molecule has 15 heavy (non-hydrogen) atoms. The summed E-state index contributed by atoms with van der Waals surface area (Å²) in [4.78, 5) is 11.5. The van der Waals surface area contributed by atoms with Crippen LogP contribution in [0.25, 0.3) is 0 Å². The van der Waals surface area contributed by atoms with E-state index in [1.165, 1.54) is 0 Å². The van der Waals surface area contributed by atoms with E-state index in [1.54, 1.807) is 0 Å². The van der Waals surface area contributed by atoms with Gasteiger partial charge in [0.05, 0.1) is 25.7 Å². The molecule has 0 aromatic rings. The summed E-state index contributed by atoms with van der Waals surface area (Å²) >= 11 is 0. The summed E-state index contributed by atoms with van der Waals surface area (Å²) < 4.78 is 10.5. The van der Waals surface area contributed by atoms with Gasteiger partial charge in [0.2, 0.25) is 0 Å². The summed E-state index contributed by atoms with van der Waals surface area (Å²) in [5, 5.41) is 3.23. The molecule has 0 saturated carbocycles. The van der Waals surface area contributed by atoms with Crippen molar-refractivity contribution in [3.8, 4) is 0 Å². The molecule has 4 nitrogen and oxygen atoms in total. The van der Waals surface area contributed by atoms with E-state index >= 15 is 0 Å². The van der Waals surface area contributed by atoms with Crippen molar-refractivity contribution in [2.24, 2.45) is 0 Å². The van der Waals surface area contributed by atoms with Crippen molar-refractivity contribution >= 4 is 5.97 Å².